The van der Waals surface area contributed by atoms with Gasteiger partial charge in [-0.15, -0.1) is 0 Å². The van der Waals surface area contributed by atoms with Gasteiger partial charge in [-0.3, -0.25) is 14.4 Å². The largest absolute Gasteiger partial charge is 2.00 e. The van der Waals surface area contributed by atoms with Crippen LogP contribution in [0.2, 0.25) is 0 Å². The van der Waals surface area contributed by atoms with Gasteiger partial charge in [-0.2, -0.15) is 6.92 Å². The first-order valence-electron chi connectivity index (χ1n) is 18.5. The number of fused-ring (bicyclic) bond motifs is 1. The number of ether oxygens (including phenoxy) is 3. The summed E-state index contributed by atoms with van der Waals surface area (Å²) < 4.78 is 67.5. The molecule has 1 heterocycles. The molecule has 0 radical (unpaired) electrons. The summed E-state index contributed by atoms with van der Waals surface area (Å²) in [6.07, 6.45) is 0.0640. The van der Waals surface area contributed by atoms with Crippen molar-refractivity contribution in [3.63, 3.8) is 0 Å². The van der Waals surface area contributed by atoms with Crippen LogP contribution in [0.3, 0.4) is 0 Å². The molecule has 0 spiro atoms. The zero-order valence-electron chi connectivity index (χ0n) is 33.7. The van der Waals surface area contributed by atoms with E-state index in [4.69, 9.17) is 14.2 Å². The van der Waals surface area contributed by atoms with Crippen LogP contribution in [0.4, 0.5) is 13.6 Å². The molecule has 1 aromatic carbocycles. The maximum Gasteiger partial charge on any atom is 2.00 e. The summed E-state index contributed by atoms with van der Waals surface area (Å²) in [4.78, 5) is 56.6. The van der Waals surface area contributed by atoms with Crippen LogP contribution in [0.5, 0.6) is 11.6 Å². The SMILES string of the molecule is COc1ccc2c(O[C@@H](CCCC(=O)[C@@H](NC(=O)OC(C)(C)C)C(C)(C)C)C[C@H](C)C(=O)N[C@]3(C(=O)N[S-](=O)=O)C[C@H]3CC(F)F)nccc2c1.C[C-]1CC1.[U+2]. The number of aromatic nitrogens is 1. The third-order valence-electron chi connectivity index (χ3n) is 9.32. The van der Waals surface area contributed by atoms with E-state index >= 15 is 0 Å². The van der Waals surface area contributed by atoms with Crippen molar-refractivity contribution in [1.82, 2.24) is 20.3 Å². The molecule has 0 unspecified atom stereocenters. The number of pyridine rings is 1. The standard InChI is InChI=1S/C35H49F2N4O9S.C4H7.U/c1-20(29(43)40-35(31(44)41-51(46)47)19-22(35)18-27(36)37)16-24(49-30-25-13-12-23(48-8)17-21(25)14-15-38-30)10-9-11-26(42)28(33(2,3)4)39-32(45)50-34(5,6)7;1-4-2-3-4;/h12-15,17,20,22,24,27-28H,9-11,16,18-19H2,1-8H3,(H,39,45)(H,40,43)(H,41,44,46,47);2-3H2,1H3;/q2*-1;+2/t20-,22+,24-,28+,35+;;/m0../s1. The molecule has 13 nitrogen and oxygen atoms in total. The number of benzene rings is 1. The quantitative estimate of drug-likeness (QED) is 0.111. The number of carbonyl (C=O) groups is 4. The second-order valence-corrected chi connectivity index (χ2v) is 17.2. The van der Waals surface area contributed by atoms with Gasteiger partial charge in [0, 0.05) is 41.2 Å². The Morgan fingerprint density at radius 1 is 1.07 bits per heavy atom. The number of nitrogens with one attached hydrogen (secondary N) is 3. The van der Waals surface area contributed by atoms with Crippen molar-refractivity contribution in [2.75, 3.05) is 7.11 Å². The Morgan fingerprint density at radius 3 is 2.25 bits per heavy atom. The Hall–Kier alpha value is -3.03. The van der Waals surface area contributed by atoms with Crippen LogP contribution in [0.25, 0.3) is 10.8 Å². The van der Waals surface area contributed by atoms with Crippen LogP contribution < -0.4 is 24.8 Å². The summed E-state index contributed by atoms with van der Waals surface area (Å²) in [6, 6.07) is 6.27. The summed E-state index contributed by atoms with van der Waals surface area (Å²) in [5.41, 5.74) is -3.17. The van der Waals surface area contributed by atoms with Crippen LogP contribution >= 0.6 is 0 Å². The van der Waals surface area contributed by atoms with Crippen LogP contribution in [0.1, 0.15) is 107 Å². The molecule has 56 heavy (non-hydrogen) atoms. The van der Waals surface area contributed by atoms with Gasteiger partial charge in [-0.05, 0) is 87.4 Å². The van der Waals surface area contributed by atoms with Gasteiger partial charge in [0.05, 0.1) is 13.2 Å². The Balaban J connectivity index is 0.00000203. The molecule has 2 saturated carbocycles. The molecule has 2 aliphatic carbocycles. The average Bonchev–Trinajstić information content (AvgIpc) is 3.99. The number of nitrogens with zero attached hydrogens (tertiary/aromatic N) is 1. The third-order valence-corrected chi connectivity index (χ3v) is 9.67. The van der Waals surface area contributed by atoms with Gasteiger partial charge in [0.15, 0.2) is 5.78 Å². The van der Waals surface area contributed by atoms with Gasteiger partial charge in [-0.25, -0.2) is 31.4 Å². The molecular formula is C39H56F2N4O9SU. The minimum Gasteiger partial charge on any atom is -0.497 e. The second kappa shape index (κ2) is 21.1. The summed E-state index contributed by atoms with van der Waals surface area (Å²) in [7, 11) is -1.46. The molecule has 4 rings (SSSR count). The van der Waals surface area contributed by atoms with E-state index in [-0.39, 0.29) is 68.5 Å². The first-order valence-corrected chi connectivity index (χ1v) is 19.6. The number of halogens is 2. The van der Waals surface area contributed by atoms with E-state index in [1.54, 1.807) is 69.8 Å². The number of rotatable bonds is 17. The number of alkyl halides is 2. The summed E-state index contributed by atoms with van der Waals surface area (Å²) >= 11 is 0. The number of hydrogen-bond acceptors (Lipinski definition) is 11. The van der Waals surface area contributed by atoms with E-state index in [1.165, 1.54) is 12.8 Å². The van der Waals surface area contributed by atoms with Crippen LogP contribution in [-0.4, -0.2) is 65.5 Å². The molecule has 3 N–H and O–H groups in total. The van der Waals surface area contributed by atoms with Crippen molar-refractivity contribution in [1.29, 1.82) is 0 Å². The first-order chi connectivity index (χ1) is 25.5. The zero-order valence-corrected chi connectivity index (χ0v) is 38.7. The third kappa shape index (κ3) is 15.7. The molecule has 0 bridgehead atoms. The second-order valence-electron chi connectivity index (χ2n) is 16.5. The number of alkyl carbamates (subject to hydrolysis) is 1. The molecule has 1 aromatic heterocycles. The maximum atomic E-state index is 13.5. The van der Waals surface area contributed by atoms with Crippen molar-refractivity contribution in [2.45, 2.75) is 136 Å². The van der Waals surface area contributed by atoms with Crippen molar-refractivity contribution < 1.29 is 81.7 Å². The van der Waals surface area contributed by atoms with Gasteiger partial charge >= 0.3 is 37.2 Å². The van der Waals surface area contributed by atoms with E-state index in [1.807, 2.05) is 26.8 Å². The van der Waals surface area contributed by atoms with Crippen molar-refractivity contribution in [2.24, 2.45) is 17.3 Å². The zero-order chi connectivity index (χ0) is 41.3. The predicted molar refractivity (Wildman–Crippen MR) is 203 cm³/mol. The molecule has 3 amide bonds. The number of ketones is 1. The molecule has 17 heteroatoms. The number of Topliss-reactive ketones (excluding diaryl/α,β-unsaturated/α-hetero) is 1. The molecule has 2 fully saturated rings. The topological polar surface area (TPSA) is 179 Å². The molecule has 0 aliphatic heterocycles. The Bertz CT molecular complexity index is 1740. The average molecular weight is 1030 g/mol. The monoisotopic (exact) mass is 1030 g/mol. The van der Waals surface area contributed by atoms with E-state index in [0.717, 1.165) is 5.39 Å². The van der Waals surface area contributed by atoms with Crippen LogP contribution in [0, 0.1) is 54.3 Å². The van der Waals surface area contributed by atoms with Crippen molar-refractivity contribution in [3.8, 4) is 11.6 Å². The minimum atomic E-state index is -3.01. The van der Waals surface area contributed by atoms with Crippen LogP contribution in [-0.2, 0) is 38.4 Å². The van der Waals surface area contributed by atoms with E-state index in [9.17, 15) is 36.4 Å². The Labute approximate surface area is 354 Å². The van der Waals surface area contributed by atoms with Gasteiger partial charge in [0.25, 0.3) is 0 Å². The van der Waals surface area contributed by atoms with Gasteiger partial charge in [0.1, 0.15) is 23.0 Å². The summed E-state index contributed by atoms with van der Waals surface area (Å²) in [5, 5.41) is 6.68. The summed E-state index contributed by atoms with van der Waals surface area (Å²) in [6.45, 7) is 14.4. The fourth-order valence-corrected chi connectivity index (χ4v) is 6.37. The summed E-state index contributed by atoms with van der Waals surface area (Å²) in [5.74, 6) is -1.20. The maximum absolute atomic E-state index is 13.5. The molecule has 0 saturated heterocycles. The molecule has 2 aliphatic rings. The number of carbonyl (C=O) groups excluding carboxylic acids is 4. The van der Waals surface area contributed by atoms with Gasteiger partial charge in [0.2, 0.25) is 24.1 Å². The number of methoxy groups -OCH3 is 1. The van der Waals surface area contributed by atoms with E-state index in [2.05, 4.69) is 22.5 Å². The fraction of sp³-hybridized carbons (Fsp3) is 0.641. The van der Waals surface area contributed by atoms with Crippen molar-refractivity contribution in [3.05, 3.63) is 36.4 Å². The normalized spacial score (nSPS) is 19.3. The number of amides is 3. The fourth-order valence-electron chi connectivity index (χ4n) is 6.04. The molecular weight excluding hydrogens is 977 g/mol. The predicted octanol–water partition coefficient (Wildman–Crippen LogP) is 6.94. The van der Waals surface area contributed by atoms with Gasteiger partial charge < -0.3 is 43.9 Å². The molecule has 5 atom stereocenters. The van der Waals surface area contributed by atoms with Crippen molar-refractivity contribution >= 4 is 45.4 Å². The number of hydrogen-bond donors (Lipinski definition) is 3. The Morgan fingerprint density at radius 2 is 1.71 bits per heavy atom. The smallest absolute Gasteiger partial charge is 0.497 e. The molecule has 2 aromatic rings. The van der Waals surface area contributed by atoms with Gasteiger partial charge in [-0.1, -0.05) is 27.7 Å². The minimum absolute atomic E-state index is 0. The Kier molecular flexibility index (Phi) is 18.5. The molecule has 310 valence electrons. The van der Waals surface area contributed by atoms with E-state index in [0.29, 0.717) is 17.6 Å². The van der Waals surface area contributed by atoms with Crippen LogP contribution in [0.15, 0.2) is 30.5 Å². The first kappa shape index (κ1) is 49.1. The van der Waals surface area contributed by atoms with E-state index < -0.39 is 82.2 Å².